The zero-order valence-electron chi connectivity index (χ0n) is 17.5. The number of phenols is 1. The minimum Gasteiger partial charge on any atom is -0.508 e. The third-order valence-electron chi connectivity index (χ3n) is 5.94. The molecule has 2 aliphatic rings. The summed E-state index contributed by atoms with van der Waals surface area (Å²) in [5.41, 5.74) is 5.45. The smallest absolute Gasteiger partial charge is 0.162 e. The van der Waals surface area contributed by atoms with Crippen molar-refractivity contribution in [2.75, 3.05) is 37.7 Å². The molecule has 0 aliphatic carbocycles. The largest absolute Gasteiger partial charge is 0.508 e. The van der Waals surface area contributed by atoms with E-state index in [0.29, 0.717) is 19.0 Å². The van der Waals surface area contributed by atoms with Crippen LogP contribution in [0.5, 0.6) is 5.75 Å². The van der Waals surface area contributed by atoms with Crippen LogP contribution in [0.1, 0.15) is 11.1 Å². The predicted octanol–water partition coefficient (Wildman–Crippen LogP) is 4.54. The Bertz CT molecular complexity index is 1340. The van der Waals surface area contributed by atoms with Crippen molar-refractivity contribution >= 4 is 33.6 Å². The van der Waals surface area contributed by atoms with Gasteiger partial charge in [-0.3, -0.25) is 4.99 Å². The molecule has 4 heterocycles. The van der Waals surface area contributed by atoms with Crippen LogP contribution in [0.4, 0.5) is 5.82 Å². The monoisotopic (exact) mass is 442 g/mol. The van der Waals surface area contributed by atoms with E-state index in [2.05, 4.69) is 34.2 Å². The van der Waals surface area contributed by atoms with Crippen LogP contribution < -0.4 is 4.90 Å². The molecular formula is C25H22N4O2S. The molecule has 0 unspecified atom stereocenters. The van der Waals surface area contributed by atoms with Crippen LogP contribution >= 0.6 is 11.3 Å². The van der Waals surface area contributed by atoms with Crippen LogP contribution in [0.2, 0.25) is 0 Å². The Labute approximate surface area is 189 Å². The molecule has 0 spiro atoms. The number of phenolic OH excluding ortho intramolecular Hbond substituents is 1. The number of hydrogen-bond acceptors (Lipinski definition) is 7. The van der Waals surface area contributed by atoms with Gasteiger partial charge in [-0.25, -0.2) is 9.97 Å². The van der Waals surface area contributed by atoms with Crippen molar-refractivity contribution in [3.05, 3.63) is 59.7 Å². The highest BCUT2D eigenvalue weighted by atomic mass is 32.1. The van der Waals surface area contributed by atoms with Crippen LogP contribution in [0.15, 0.2) is 53.5 Å². The number of hydrogen-bond donors (Lipinski definition) is 1. The first kappa shape index (κ1) is 19.4. The van der Waals surface area contributed by atoms with Gasteiger partial charge in [0.1, 0.15) is 5.75 Å². The summed E-state index contributed by atoms with van der Waals surface area (Å²) in [6, 6.07) is 15.9. The lowest BCUT2D eigenvalue weighted by atomic mass is 10.00. The highest BCUT2D eigenvalue weighted by molar-refractivity contribution is 7.22. The average Bonchev–Trinajstić information content (AvgIpc) is 3.28. The number of benzene rings is 2. The number of aromatic nitrogens is 2. The van der Waals surface area contributed by atoms with E-state index in [1.807, 2.05) is 18.3 Å². The van der Waals surface area contributed by atoms with E-state index >= 15 is 0 Å². The summed E-state index contributed by atoms with van der Waals surface area (Å²) in [5, 5.41) is 9.96. The first-order chi connectivity index (χ1) is 15.7. The lowest BCUT2D eigenvalue weighted by molar-refractivity contribution is 0.122. The molecule has 0 radical (unpaired) electrons. The number of rotatable bonds is 3. The molecule has 0 atom stereocenters. The average molecular weight is 443 g/mol. The van der Waals surface area contributed by atoms with E-state index in [-0.39, 0.29) is 5.75 Å². The van der Waals surface area contributed by atoms with Crippen molar-refractivity contribution in [3.63, 3.8) is 0 Å². The van der Waals surface area contributed by atoms with Gasteiger partial charge in [-0.15, -0.1) is 11.3 Å². The van der Waals surface area contributed by atoms with Gasteiger partial charge in [0, 0.05) is 36.3 Å². The molecule has 2 aromatic heterocycles. The summed E-state index contributed by atoms with van der Waals surface area (Å²) in [4.78, 5) is 17.7. The van der Waals surface area contributed by atoms with Crippen molar-refractivity contribution in [2.45, 2.75) is 6.42 Å². The van der Waals surface area contributed by atoms with Gasteiger partial charge in [-0.1, -0.05) is 24.3 Å². The van der Waals surface area contributed by atoms with Gasteiger partial charge in [0.25, 0.3) is 0 Å². The molecule has 7 heteroatoms. The molecule has 0 saturated carbocycles. The van der Waals surface area contributed by atoms with E-state index in [1.165, 1.54) is 21.6 Å². The maximum absolute atomic E-state index is 9.96. The number of morpholine rings is 1. The van der Waals surface area contributed by atoms with E-state index in [1.54, 1.807) is 23.5 Å². The zero-order valence-corrected chi connectivity index (χ0v) is 18.3. The highest BCUT2D eigenvalue weighted by Crippen LogP contribution is 2.39. The van der Waals surface area contributed by atoms with Crippen molar-refractivity contribution < 1.29 is 9.84 Å². The standard InChI is InChI=1S/C25H22N4O2S/c30-20-3-1-2-18(13-20)24-27-21-14-22(17-5-4-16-6-7-26-15-19(16)12-17)32-23(21)25(28-24)29-8-10-31-11-9-29/h1-5,12-15,30H,6-11H2. The van der Waals surface area contributed by atoms with E-state index in [0.717, 1.165) is 47.7 Å². The fraction of sp³-hybridized carbons (Fsp3) is 0.240. The van der Waals surface area contributed by atoms with Gasteiger partial charge < -0.3 is 14.7 Å². The minimum absolute atomic E-state index is 0.209. The Morgan fingerprint density at radius 1 is 0.969 bits per heavy atom. The van der Waals surface area contributed by atoms with Crippen molar-refractivity contribution in [1.82, 2.24) is 9.97 Å². The van der Waals surface area contributed by atoms with Crippen molar-refractivity contribution in [2.24, 2.45) is 4.99 Å². The minimum atomic E-state index is 0.209. The van der Waals surface area contributed by atoms with Crippen LogP contribution in [0, 0.1) is 0 Å². The summed E-state index contributed by atoms with van der Waals surface area (Å²) < 4.78 is 6.64. The number of fused-ring (bicyclic) bond motifs is 2. The van der Waals surface area contributed by atoms with Crippen molar-refractivity contribution in [1.29, 1.82) is 0 Å². The second-order valence-corrected chi connectivity index (χ2v) is 9.10. The van der Waals surface area contributed by atoms with Crippen LogP contribution in [-0.4, -0.2) is 54.1 Å². The van der Waals surface area contributed by atoms with Gasteiger partial charge >= 0.3 is 0 Å². The Kier molecular flexibility index (Phi) is 4.85. The van der Waals surface area contributed by atoms with Crippen LogP contribution in [0.3, 0.4) is 0 Å². The Hall–Kier alpha value is -3.29. The number of anilines is 1. The summed E-state index contributed by atoms with van der Waals surface area (Å²) in [5.74, 6) is 1.77. The lowest BCUT2D eigenvalue weighted by Gasteiger charge is -2.28. The third-order valence-corrected chi connectivity index (χ3v) is 7.11. The Morgan fingerprint density at radius 2 is 1.88 bits per heavy atom. The number of aromatic hydroxyl groups is 1. The SMILES string of the molecule is Oc1cccc(-c2nc(N3CCOCC3)c3sc(-c4ccc5c(c4)C=NCC5)cc3n2)c1. The molecule has 0 bridgehead atoms. The molecule has 2 aliphatic heterocycles. The number of nitrogens with zero attached hydrogens (tertiary/aromatic N) is 4. The molecule has 4 aromatic rings. The van der Waals surface area contributed by atoms with Gasteiger partial charge in [0.2, 0.25) is 0 Å². The van der Waals surface area contributed by atoms with E-state index in [4.69, 9.17) is 14.7 Å². The summed E-state index contributed by atoms with van der Waals surface area (Å²) in [7, 11) is 0. The van der Waals surface area contributed by atoms with Gasteiger partial charge in [0.05, 0.1) is 23.4 Å². The second-order valence-electron chi connectivity index (χ2n) is 8.04. The highest BCUT2D eigenvalue weighted by Gasteiger charge is 2.21. The molecule has 0 amide bonds. The zero-order chi connectivity index (χ0) is 21.5. The molecule has 6 nitrogen and oxygen atoms in total. The predicted molar refractivity (Wildman–Crippen MR) is 129 cm³/mol. The third kappa shape index (κ3) is 3.53. The lowest BCUT2D eigenvalue weighted by Crippen LogP contribution is -2.36. The van der Waals surface area contributed by atoms with Gasteiger partial charge in [0.15, 0.2) is 11.6 Å². The maximum Gasteiger partial charge on any atom is 0.162 e. The summed E-state index contributed by atoms with van der Waals surface area (Å²) in [6.45, 7) is 3.85. The fourth-order valence-electron chi connectivity index (χ4n) is 4.26. The maximum atomic E-state index is 9.96. The van der Waals surface area contributed by atoms with Crippen LogP contribution in [-0.2, 0) is 11.2 Å². The molecule has 2 aromatic carbocycles. The first-order valence-electron chi connectivity index (χ1n) is 10.8. The first-order valence-corrected chi connectivity index (χ1v) is 11.6. The van der Waals surface area contributed by atoms with E-state index in [9.17, 15) is 5.11 Å². The number of thiophene rings is 1. The molecule has 160 valence electrons. The van der Waals surface area contributed by atoms with Crippen LogP contribution in [0.25, 0.3) is 32.0 Å². The topological polar surface area (TPSA) is 70.8 Å². The van der Waals surface area contributed by atoms with Gasteiger partial charge in [-0.05, 0) is 47.4 Å². The molecular weight excluding hydrogens is 420 g/mol. The molecule has 1 saturated heterocycles. The summed E-state index contributed by atoms with van der Waals surface area (Å²) in [6.07, 6.45) is 2.98. The van der Waals surface area contributed by atoms with Crippen molar-refractivity contribution in [3.8, 4) is 27.6 Å². The van der Waals surface area contributed by atoms with Gasteiger partial charge in [-0.2, -0.15) is 0 Å². The van der Waals surface area contributed by atoms with E-state index < -0.39 is 0 Å². The molecule has 6 rings (SSSR count). The second kappa shape index (κ2) is 8.00. The normalized spacial score (nSPS) is 15.8. The fourth-order valence-corrected chi connectivity index (χ4v) is 5.38. The summed E-state index contributed by atoms with van der Waals surface area (Å²) >= 11 is 1.73. The Morgan fingerprint density at radius 3 is 2.75 bits per heavy atom. The molecule has 1 N–H and O–H groups in total. The Balaban J connectivity index is 1.50. The molecule has 32 heavy (non-hydrogen) atoms. The quantitative estimate of drug-likeness (QED) is 0.504. The number of aliphatic imine (C=N–C) groups is 1. The number of ether oxygens (including phenoxy) is 1. The molecule has 1 fully saturated rings.